The Morgan fingerprint density at radius 1 is 1.16 bits per heavy atom. The van der Waals surface area contributed by atoms with Crippen LogP contribution in [0.5, 0.6) is 11.5 Å². The standard InChI is InChI=1S/C18H12FNO3S2/c19-13-4-1-11(2-5-13)8-16-17(21)20(18(24)25-16)9-12-3-6-14-15(7-12)23-10-22-14/h1-8H,9-10H2/b16-8-. The molecule has 0 saturated carbocycles. The third-order valence-electron chi connectivity index (χ3n) is 3.82. The molecule has 0 N–H and O–H groups in total. The summed E-state index contributed by atoms with van der Waals surface area (Å²) in [6, 6.07) is 11.5. The molecule has 2 aromatic rings. The number of benzene rings is 2. The fraction of sp³-hybridized carbons (Fsp3) is 0.111. The number of hydrogen-bond donors (Lipinski definition) is 0. The number of thiocarbonyl (C=S) groups is 1. The predicted molar refractivity (Wildman–Crippen MR) is 97.7 cm³/mol. The van der Waals surface area contributed by atoms with Crippen LogP contribution < -0.4 is 9.47 Å². The van der Waals surface area contributed by atoms with E-state index in [9.17, 15) is 9.18 Å². The summed E-state index contributed by atoms with van der Waals surface area (Å²) in [6.07, 6.45) is 1.72. The molecule has 0 unspecified atom stereocenters. The molecule has 126 valence electrons. The number of halogens is 1. The third kappa shape index (κ3) is 3.25. The predicted octanol–water partition coefficient (Wildman–Crippen LogP) is 3.96. The first-order valence-corrected chi connectivity index (χ1v) is 8.72. The van der Waals surface area contributed by atoms with Crippen LogP contribution in [0.4, 0.5) is 4.39 Å². The van der Waals surface area contributed by atoms with E-state index in [4.69, 9.17) is 21.7 Å². The average Bonchev–Trinajstić information content (AvgIpc) is 3.17. The quantitative estimate of drug-likeness (QED) is 0.602. The minimum absolute atomic E-state index is 0.156. The number of ether oxygens (including phenoxy) is 2. The smallest absolute Gasteiger partial charge is 0.266 e. The van der Waals surface area contributed by atoms with E-state index in [1.165, 1.54) is 23.9 Å². The lowest BCUT2D eigenvalue weighted by Crippen LogP contribution is -2.27. The van der Waals surface area contributed by atoms with Gasteiger partial charge in [0.1, 0.15) is 10.1 Å². The van der Waals surface area contributed by atoms with Crippen molar-refractivity contribution in [3.8, 4) is 11.5 Å². The first kappa shape index (κ1) is 16.1. The van der Waals surface area contributed by atoms with Gasteiger partial charge in [-0.15, -0.1) is 0 Å². The Labute approximate surface area is 153 Å². The molecular weight excluding hydrogens is 361 g/mol. The van der Waals surface area contributed by atoms with Gasteiger partial charge in [0.2, 0.25) is 6.79 Å². The van der Waals surface area contributed by atoms with Crippen LogP contribution in [0.1, 0.15) is 11.1 Å². The fourth-order valence-corrected chi connectivity index (χ4v) is 3.82. The van der Waals surface area contributed by atoms with Gasteiger partial charge in [-0.2, -0.15) is 0 Å². The summed E-state index contributed by atoms with van der Waals surface area (Å²) in [4.78, 5) is 14.7. The highest BCUT2D eigenvalue weighted by Crippen LogP contribution is 2.36. The van der Waals surface area contributed by atoms with E-state index in [1.54, 1.807) is 23.1 Å². The molecule has 2 aliphatic heterocycles. The molecule has 2 aliphatic rings. The highest BCUT2D eigenvalue weighted by atomic mass is 32.2. The van der Waals surface area contributed by atoms with Gasteiger partial charge in [-0.1, -0.05) is 42.2 Å². The zero-order valence-electron chi connectivity index (χ0n) is 12.9. The number of amides is 1. The number of fused-ring (bicyclic) bond motifs is 1. The zero-order chi connectivity index (χ0) is 17.4. The number of rotatable bonds is 3. The van der Waals surface area contributed by atoms with Crippen LogP contribution >= 0.6 is 24.0 Å². The Kier molecular flexibility index (Phi) is 4.19. The third-order valence-corrected chi connectivity index (χ3v) is 5.20. The van der Waals surface area contributed by atoms with Gasteiger partial charge in [0.25, 0.3) is 5.91 Å². The molecule has 0 aromatic heterocycles. The van der Waals surface area contributed by atoms with Crippen LogP contribution in [0.25, 0.3) is 6.08 Å². The Balaban J connectivity index is 1.54. The number of carbonyl (C=O) groups excluding carboxylic acids is 1. The fourth-order valence-electron chi connectivity index (χ4n) is 2.57. The maximum absolute atomic E-state index is 13.0. The summed E-state index contributed by atoms with van der Waals surface area (Å²) < 4.78 is 24.1. The summed E-state index contributed by atoms with van der Waals surface area (Å²) >= 11 is 6.59. The SMILES string of the molecule is O=C1/C(=C/c2ccc(F)cc2)SC(=S)N1Cc1ccc2c(c1)OCO2. The molecule has 0 spiro atoms. The van der Waals surface area contributed by atoms with Crippen molar-refractivity contribution in [2.45, 2.75) is 6.54 Å². The lowest BCUT2D eigenvalue weighted by atomic mass is 10.2. The van der Waals surface area contributed by atoms with Crippen LogP contribution in [-0.4, -0.2) is 21.9 Å². The van der Waals surface area contributed by atoms with Crippen LogP contribution in [-0.2, 0) is 11.3 Å². The van der Waals surface area contributed by atoms with Gasteiger partial charge in [0, 0.05) is 0 Å². The summed E-state index contributed by atoms with van der Waals surface area (Å²) in [5.41, 5.74) is 1.66. The second-order valence-electron chi connectivity index (χ2n) is 5.51. The van der Waals surface area contributed by atoms with E-state index in [-0.39, 0.29) is 18.5 Å². The Morgan fingerprint density at radius 2 is 1.92 bits per heavy atom. The molecule has 0 radical (unpaired) electrons. The molecule has 4 nitrogen and oxygen atoms in total. The number of thioether (sulfide) groups is 1. The van der Waals surface area contributed by atoms with E-state index in [2.05, 4.69) is 0 Å². The van der Waals surface area contributed by atoms with Crippen molar-refractivity contribution in [2.75, 3.05) is 6.79 Å². The van der Waals surface area contributed by atoms with Crippen molar-refractivity contribution in [1.29, 1.82) is 0 Å². The van der Waals surface area contributed by atoms with Gasteiger partial charge in [-0.3, -0.25) is 9.69 Å². The molecule has 1 amide bonds. The molecule has 4 rings (SSSR count). The summed E-state index contributed by atoms with van der Waals surface area (Å²) in [7, 11) is 0. The normalized spacial score (nSPS) is 17.6. The van der Waals surface area contributed by atoms with Crippen LogP contribution in [0, 0.1) is 5.82 Å². The van der Waals surface area contributed by atoms with Crippen LogP contribution in [0.3, 0.4) is 0 Å². The molecule has 2 heterocycles. The summed E-state index contributed by atoms with van der Waals surface area (Å²) in [5, 5.41) is 0. The van der Waals surface area contributed by atoms with Gasteiger partial charge in [-0.05, 0) is 41.5 Å². The highest BCUT2D eigenvalue weighted by molar-refractivity contribution is 8.26. The van der Waals surface area contributed by atoms with Crippen LogP contribution in [0.2, 0.25) is 0 Å². The molecule has 0 atom stereocenters. The Morgan fingerprint density at radius 3 is 2.72 bits per heavy atom. The van der Waals surface area contributed by atoms with Crippen molar-refractivity contribution >= 4 is 40.3 Å². The summed E-state index contributed by atoms with van der Waals surface area (Å²) in [5.74, 6) is 0.902. The molecular formula is C18H12FNO3S2. The molecule has 7 heteroatoms. The number of hydrogen-bond acceptors (Lipinski definition) is 5. The van der Waals surface area contributed by atoms with E-state index in [1.807, 2.05) is 18.2 Å². The van der Waals surface area contributed by atoms with Crippen molar-refractivity contribution in [2.24, 2.45) is 0 Å². The maximum atomic E-state index is 13.0. The molecule has 25 heavy (non-hydrogen) atoms. The first-order chi connectivity index (χ1) is 12.1. The number of carbonyl (C=O) groups is 1. The van der Waals surface area contributed by atoms with Gasteiger partial charge < -0.3 is 9.47 Å². The molecule has 0 bridgehead atoms. The topological polar surface area (TPSA) is 38.8 Å². The highest BCUT2D eigenvalue weighted by Gasteiger charge is 2.32. The minimum atomic E-state index is -0.312. The maximum Gasteiger partial charge on any atom is 0.266 e. The summed E-state index contributed by atoms with van der Waals surface area (Å²) in [6.45, 7) is 0.572. The monoisotopic (exact) mass is 373 g/mol. The van der Waals surface area contributed by atoms with E-state index >= 15 is 0 Å². The van der Waals surface area contributed by atoms with Crippen molar-refractivity contribution in [3.05, 3.63) is 64.3 Å². The lowest BCUT2D eigenvalue weighted by Gasteiger charge is -2.14. The molecule has 1 saturated heterocycles. The molecule has 0 aliphatic carbocycles. The van der Waals surface area contributed by atoms with E-state index in [0.717, 1.165) is 11.1 Å². The molecule has 2 aromatic carbocycles. The van der Waals surface area contributed by atoms with Gasteiger partial charge in [0.05, 0.1) is 11.4 Å². The van der Waals surface area contributed by atoms with Gasteiger partial charge in [-0.25, -0.2) is 4.39 Å². The lowest BCUT2D eigenvalue weighted by molar-refractivity contribution is -0.122. The number of nitrogens with zero attached hydrogens (tertiary/aromatic N) is 1. The van der Waals surface area contributed by atoms with Crippen molar-refractivity contribution in [3.63, 3.8) is 0 Å². The Hall–Kier alpha value is -2.38. The van der Waals surface area contributed by atoms with Crippen molar-refractivity contribution in [1.82, 2.24) is 4.90 Å². The second-order valence-corrected chi connectivity index (χ2v) is 7.18. The van der Waals surface area contributed by atoms with Crippen LogP contribution in [0.15, 0.2) is 47.4 Å². The minimum Gasteiger partial charge on any atom is -0.454 e. The zero-order valence-corrected chi connectivity index (χ0v) is 14.5. The Bertz CT molecular complexity index is 896. The van der Waals surface area contributed by atoms with Crippen molar-refractivity contribution < 1.29 is 18.7 Å². The average molecular weight is 373 g/mol. The van der Waals surface area contributed by atoms with Gasteiger partial charge >= 0.3 is 0 Å². The van der Waals surface area contributed by atoms with E-state index in [0.29, 0.717) is 27.3 Å². The van der Waals surface area contributed by atoms with E-state index < -0.39 is 0 Å². The second kappa shape index (κ2) is 6.50. The van der Waals surface area contributed by atoms with Gasteiger partial charge in [0.15, 0.2) is 11.5 Å². The largest absolute Gasteiger partial charge is 0.454 e. The molecule has 1 fully saturated rings. The first-order valence-electron chi connectivity index (χ1n) is 7.49.